The summed E-state index contributed by atoms with van der Waals surface area (Å²) < 4.78 is 0. The zero-order valence-corrected chi connectivity index (χ0v) is 5.97. The Labute approximate surface area is 54.4 Å². The minimum absolute atomic E-state index is 0.167. The van der Waals surface area contributed by atoms with Gasteiger partial charge in [-0.25, -0.2) is 0 Å². The van der Waals surface area contributed by atoms with E-state index in [9.17, 15) is 9.70 Å². The van der Waals surface area contributed by atoms with E-state index in [2.05, 4.69) is 5.18 Å². The molecule has 0 aliphatic carbocycles. The molecule has 3 nitrogen and oxygen atoms in total. The van der Waals surface area contributed by atoms with Gasteiger partial charge in [-0.2, -0.15) is 0 Å². The van der Waals surface area contributed by atoms with Crippen LogP contribution in [-0.2, 0) is 4.79 Å². The van der Waals surface area contributed by atoms with Crippen LogP contribution in [0.5, 0.6) is 0 Å². The molecule has 0 heterocycles. The number of hydrogen-bond donors (Lipinski definition) is 0. The lowest BCUT2D eigenvalue weighted by Crippen LogP contribution is -2.29. The number of nitroso groups, excluding NO2 is 1. The minimum atomic E-state index is -0.986. The smallest absolute Gasteiger partial charge is 0.160 e. The number of Topliss-reactive ketones (excluding diaryl/α,β-unsaturated/α-hetero) is 1. The maximum Gasteiger partial charge on any atom is 0.160 e. The zero-order valence-electron chi connectivity index (χ0n) is 5.97. The summed E-state index contributed by atoms with van der Waals surface area (Å²) in [7, 11) is 0. The van der Waals surface area contributed by atoms with E-state index in [0.717, 1.165) is 0 Å². The van der Waals surface area contributed by atoms with E-state index in [4.69, 9.17) is 0 Å². The van der Waals surface area contributed by atoms with Gasteiger partial charge in [0.15, 0.2) is 11.3 Å². The number of carbonyl (C=O) groups is 1. The maximum atomic E-state index is 10.6. The van der Waals surface area contributed by atoms with Gasteiger partial charge in [0, 0.05) is 0 Å². The Balaban J connectivity index is 4.27. The number of ketones is 1. The molecule has 0 rings (SSSR count). The van der Waals surface area contributed by atoms with Crippen LogP contribution in [0.4, 0.5) is 0 Å². The van der Waals surface area contributed by atoms with E-state index in [1.807, 2.05) is 0 Å². The molecule has 0 fully saturated rings. The van der Waals surface area contributed by atoms with Crippen molar-refractivity contribution in [3.63, 3.8) is 0 Å². The summed E-state index contributed by atoms with van der Waals surface area (Å²) in [4.78, 5) is 20.7. The molecule has 0 aromatic heterocycles. The second-order valence-corrected chi connectivity index (χ2v) is 2.27. The predicted octanol–water partition coefficient (Wildman–Crippen LogP) is 1.51. The van der Waals surface area contributed by atoms with E-state index in [-0.39, 0.29) is 5.78 Å². The van der Waals surface area contributed by atoms with Gasteiger partial charge in [-0.15, -0.1) is 4.91 Å². The van der Waals surface area contributed by atoms with Crippen LogP contribution in [0.3, 0.4) is 0 Å². The summed E-state index contributed by atoms with van der Waals surface area (Å²) in [6.07, 6.45) is 0.478. The molecule has 0 saturated carbocycles. The Morgan fingerprint density at radius 3 is 2.11 bits per heavy atom. The van der Waals surface area contributed by atoms with Crippen LogP contribution in [0.1, 0.15) is 27.2 Å². The first-order valence-corrected chi connectivity index (χ1v) is 2.92. The molecule has 0 radical (unpaired) electrons. The first-order chi connectivity index (χ1) is 4.06. The molecular weight excluding hydrogens is 118 g/mol. The maximum absolute atomic E-state index is 10.6. The van der Waals surface area contributed by atoms with Crippen LogP contribution in [0.2, 0.25) is 0 Å². The van der Waals surface area contributed by atoms with Gasteiger partial charge >= 0.3 is 0 Å². The van der Waals surface area contributed by atoms with Crippen molar-refractivity contribution in [2.45, 2.75) is 32.7 Å². The molecule has 0 amide bonds. The third-order valence-corrected chi connectivity index (χ3v) is 1.65. The van der Waals surface area contributed by atoms with Gasteiger partial charge in [-0.3, -0.25) is 4.79 Å². The molecule has 0 aliphatic heterocycles. The van der Waals surface area contributed by atoms with E-state index in [0.29, 0.717) is 6.42 Å². The molecule has 0 N–H and O–H groups in total. The second kappa shape index (κ2) is 2.71. The van der Waals surface area contributed by atoms with Crippen LogP contribution >= 0.6 is 0 Å². The Morgan fingerprint density at radius 2 is 2.11 bits per heavy atom. The van der Waals surface area contributed by atoms with Crippen LogP contribution in [-0.4, -0.2) is 11.3 Å². The molecule has 52 valence electrons. The van der Waals surface area contributed by atoms with Gasteiger partial charge in [0.1, 0.15) is 0 Å². The van der Waals surface area contributed by atoms with Crippen molar-refractivity contribution < 1.29 is 4.79 Å². The Morgan fingerprint density at radius 1 is 1.67 bits per heavy atom. The third kappa shape index (κ3) is 1.59. The highest BCUT2D eigenvalue weighted by molar-refractivity contribution is 5.85. The number of nitrogens with zero attached hydrogens (tertiary/aromatic N) is 1. The number of rotatable bonds is 3. The fraction of sp³-hybridized carbons (Fsp3) is 0.833. The van der Waals surface area contributed by atoms with E-state index in [1.165, 1.54) is 6.92 Å². The Hall–Kier alpha value is -0.730. The van der Waals surface area contributed by atoms with Crippen LogP contribution < -0.4 is 0 Å². The van der Waals surface area contributed by atoms with Gasteiger partial charge in [0.25, 0.3) is 0 Å². The van der Waals surface area contributed by atoms with Crippen LogP contribution in [0.15, 0.2) is 5.18 Å². The number of hydrogen-bond acceptors (Lipinski definition) is 3. The molecule has 0 spiro atoms. The summed E-state index contributed by atoms with van der Waals surface area (Å²) in [6.45, 7) is 4.69. The van der Waals surface area contributed by atoms with Gasteiger partial charge in [0.05, 0.1) is 0 Å². The van der Waals surface area contributed by atoms with Gasteiger partial charge in [0.2, 0.25) is 0 Å². The first kappa shape index (κ1) is 8.27. The molecule has 0 saturated heterocycles. The molecule has 9 heavy (non-hydrogen) atoms. The molecule has 0 bridgehead atoms. The fourth-order valence-corrected chi connectivity index (χ4v) is 0.378. The summed E-state index contributed by atoms with van der Waals surface area (Å²) in [5.41, 5.74) is -0.986. The van der Waals surface area contributed by atoms with E-state index in [1.54, 1.807) is 13.8 Å². The average molecular weight is 129 g/mol. The number of carbonyl (C=O) groups excluding carboxylic acids is 1. The quantitative estimate of drug-likeness (QED) is 0.542. The van der Waals surface area contributed by atoms with Gasteiger partial charge < -0.3 is 0 Å². The Kier molecular flexibility index (Phi) is 2.49. The normalized spacial score (nSPS) is 16.3. The summed E-state index contributed by atoms with van der Waals surface area (Å²) >= 11 is 0. The van der Waals surface area contributed by atoms with Crippen molar-refractivity contribution >= 4 is 5.78 Å². The lowest BCUT2D eigenvalue weighted by atomic mass is 9.96. The van der Waals surface area contributed by atoms with Crippen molar-refractivity contribution in [2.24, 2.45) is 5.18 Å². The SMILES string of the molecule is CCC(C)(N=O)C(C)=O. The lowest BCUT2D eigenvalue weighted by Gasteiger charge is -2.13. The van der Waals surface area contributed by atoms with Crippen molar-refractivity contribution in [2.75, 3.05) is 0 Å². The molecule has 3 heteroatoms. The largest absolute Gasteiger partial charge is 0.297 e. The monoisotopic (exact) mass is 129 g/mol. The standard InChI is InChI=1S/C6H11NO2/c1-4-6(3,7-9)5(2)8/h4H2,1-3H3. The molecule has 0 aromatic carbocycles. The van der Waals surface area contributed by atoms with Gasteiger partial charge in [-0.1, -0.05) is 12.1 Å². The summed E-state index contributed by atoms with van der Waals surface area (Å²) in [5, 5.41) is 2.74. The lowest BCUT2D eigenvalue weighted by molar-refractivity contribution is -0.121. The summed E-state index contributed by atoms with van der Waals surface area (Å²) in [6, 6.07) is 0. The molecule has 1 unspecified atom stereocenters. The highest BCUT2D eigenvalue weighted by atomic mass is 16.3. The van der Waals surface area contributed by atoms with E-state index < -0.39 is 5.54 Å². The van der Waals surface area contributed by atoms with Gasteiger partial charge in [-0.05, 0) is 20.3 Å². The van der Waals surface area contributed by atoms with Crippen molar-refractivity contribution in [3.8, 4) is 0 Å². The zero-order chi connectivity index (χ0) is 7.49. The van der Waals surface area contributed by atoms with Crippen LogP contribution in [0.25, 0.3) is 0 Å². The van der Waals surface area contributed by atoms with Crippen molar-refractivity contribution in [1.82, 2.24) is 0 Å². The average Bonchev–Trinajstić information content (AvgIpc) is 1.86. The van der Waals surface area contributed by atoms with Crippen molar-refractivity contribution in [3.05, 3.63) is 4.91 Å². The predicted molar refractivity (Wildman–Crippen MR) is 35.2 cm³/mol. The van der Waals surface area contributed by atoms with E-state index >= 15 is 0 Å². The molecular formula is C6H11NO2. The second-order valence-electron chi connectivity index (χ2n) is 2.27. The fourth-order valence-electron chi connectivity index (χ4n) is 0.378. The molecule has 0 aliphatic rings. The van der Waals surface area contributed by atoms with Crippen LogP contribution in [0, 0.1) is 4.91 Å². The Bertz CT molecular complexity index is 133. The minimum Gasteiger partial charge on any atom is -0.297 e. The highest BCUT2D eigenvalue weighted by Gasteiger charge is 2.28. The first-order valence-electron chi connectivity index (χ1n) is 2.92. The highest BCUT2D eigenvalue weighted by Crippen LogP contribution is 2.14. The topological polar surface area (TPSA) is 46.5 Å². The van der Waals surface area contributed by atoms with Crippen molar-refractivity contribution in [1.29, 1.82) is 0 Å². The summed E-state index contributed by atoms with van der Waals surface area (Å²) in [5.74, 6) is -0.167. The third-order valence-electron chi connectivity index (χ3n) is 1.65. The molecule has 0 aromatic rings. The molecule has 1 atom stereocenters.